The topological polar surface area (TPSA) is 71.1 Å². The smallest absolute Gasteiger partial charge is 0.339 e. The van der Waals surface area contributed by atoms with Crippen LogP contribution >= 0.6 is 0 Å². The number of para-hydroxylation sites is 2. The van der Waals surface area contributed by atoms with Crippen LogP contribution in [-0.2, 0) is 22.7 Å². The molecule has 0 spiro atoms. The summed E-state index contributed by atoms with van der Waals surface area (Å²) in [7, 11) is 2.58. The van der Waals surface area contributed by atoms with Crippen LogP contribution in [-0.4, -0.2) is 26.2 Å². The molecule has 0 fully saturated rings. The first-order chi connectivity index (χ1) is 14.7. The van der Waals surface area contributed by atoms with Gasteiger partial charge in [0.05, 0.1) is 25.3 Å². The van der Waals surface area contributed by atoms with Crippen molar-refractivity contribution in [2.75, 3.05) is 14.2 Å². The maximum absolute atomic E-state index is 12.8. The van der Waals surface area contributed by atoms with Crippen LogP contribution in [0.25, 0.3) is 22.3 Å². The molecule has 30 heavy (non-hydrogen) atoms. The minimum Gasteiger partial charge on any atom is -0.488 e. The van der Waals surface area contributed by atoms with Gasteiger partial charge in [-0.3, -0.25) is 0 Å². The van der Waals surface area contributed by atoms with Crippen LogP contribution in [0.2, 0.25) is 0 Å². The lowest BCUT2D eigenvalue weighted by Crippen LogP contribution is -2.24. The number of hydrogen-bond donors (Lipinski definition) is 0. The maximum atomic E-state index is 12.8. The van der Waals surface area contributed by atoms with E-state index in [-0.39, 0.29) is 24.3 Å². The van der Waals surface area contributed by atoms with Gasteiger partial charge in [-0.15, -0.1) is 0 Å². The third-order valence-electron chi connectivity index (χ3n) is 5.54. The molecule has 0 aliphatic carbocycles. The van der Waals surface area contributed by atoms with Gasteiger partial charge in [0.2, 0.25) is 0 Å². The van der Waals surface area contributed by atoms with Crippen LogP contribution in [0.15, 0.2) is 48.5 Å². The average Bonchev–Trinajstić information content (AvgIpc) is 2.81. The van der Waals surface area contributed by atoms with Crippen LogP contribution in [0.5, 0.6) is 11.5 Å². The fourth-order valence-corrected chi connectivity index (χ4v) is 4.29. The lowest BCUT2D eigenvalue weighted by Gasteiger charge is -2.31. The van der Waals surface area contributed by atoms with E-state index in [0.29, 0.717) is 11.1 Å². The monoisotopic (exact) mass is 402 g/mol. The molecule has 5 rings (SSSR count). The normalized spacial score (nSPS) is 12.9. The van der Waals surface area contributed by atoms with Crippen molar-refractivity contribution >= 4 is 11.9 Å². The minimum absolute atomic E-state index is 0.136. The first kappa shape index (κ1) is 18.2. The van der Waals surface area contributed by atoms with E-state index in [9.17, 15) is 9.59 Å². The molecule has 0 aromatic heterocycles. The van der Waals surface area contributed by atoms with E-state index in [1.165, 1.54) is 14.2 Å². The first-order valence-electron chi connectivity index (χ1n) is 9.48. The summed E-state index contributed by atoms with van der Waals surface area (Å²) in [5.74, 6) is 0.211. The SMILES string of the molecule is COC(=O)c1c2c(c3c(c1C(=O)OC)COc1ccccc1-3)-c1ccccc1OC2. The molecular weight excluding hydrogens is 384 g/mol. The summed E-state index contributed by atoms with van der Waals surface area (Å²) in [6.07, 6.45) is 0. The van der Waals surface area contributed by atoms with Crippen molar-refractivity contribution in [3.05, 3.63) is 70.8 Å². The second-order valence-corrected chi connectivity index (χ2v) is 7.01. The Balaban J connectivity index is 1.98. The predicted octanol–water partition coefficient (Wildman–Crippen LogP) is 4.38. The van der Waals surface area contributed by atoms with E-state index in [1.54, 1.807) is 0 Å². The van der Waals surface area contributed by atoms with E-state index >= 15 is 0 Å². The molecule has 0 atom stereocenters. The molecule has 3 aromatic rings. The van der Waals surface area contributed by atoms with Crippen LogP contribution in [0.1, 0.15) is 31.8 Å². The Morgan fingerprint density at radius 2 is 1.10 bits per heavy atom. The number of methoxy groups -OCH3 is 2. The van der Waals surface area contributed by atoms with Gasteiger partial charge in [-0.05, 0) is 12.1 Å². The van der Waals surface area contributed by atoms with Gasteiger partial charge in [0, 0.05) is 33.4 Å². The Kier molecular flexibility index (Phi) is 4.20. The number of fused-ring (bicyclic) bond motifs is 7. The number of esters is 2. The number of hydrogen-bond acceptors (Lipinski definition) is 6. The minimum atomic E-state index is -0.615. The Labute approximate surface area is 173 Å². The quantitative estimate of drug-likeness (QED) is 0.593. The molecule has 2 aliphatic rings. The van der Waals surface area contributed by atoms with E-state index in [0.717, 1.165) is 33.8 Å². The molecule has 6 nitrogen and oxygen atoms in total. The van der Waals surface area contributed by atoms with Gasteiger partial charge in [-0.1, -0.05) is 36.4 Å². The standard InChI is InChI=1S/C24H18O6/c1-27-23(25)21-15-11-29-17-9-5-3-7-13(17)19(15)20-14-8-4-6-10-18(14)30-12-16(20)22(21)24(26)28-2/h3-10H,11-12H2,1-2H3. The number of rotatable bonds is 2. The molecule has 150 valence electrons. The molecule has 0 saturated carbocycles. The molecule has 2 aliphatic heterocycles. The van der Waals surface area contributed by atoms with E-state index < -0.39 is 11.9 Å². The van der Waals surface area contributed by atoms with E-state index in [1.807, 2.05) is 48.5 Å². The average molecular weight is 402 g/mol. The molecule has 0 unspecified atom stereocenters. The predicted molar refractivity (Wildman–Crippen MR) is 109 cm³/mol. The van der Waals surface area contributed by atoms with Gasteiger partial charge in [0.15, 0.2) is 0 Å². The van der Waals surface area contributed by atoms with E-state index in [4.69, 9.17) is 18.9 Å². The molecule has 0 radical (unpaired) electrons. The highest BCUT2D eigenvalue weighted by molar-refractivity contribution is 6.11. The maximum Gasteiger partial charge on any atom is 0.339 e. The van der Waals surface area contributed by atoms with Gasteiger partial charge in [-0.25, -0.2) is 9.59 Å². The summed E-state index contributed by atoms with van der Waals surface area (Å²) in [5, 5.41) is 0. The highest BCUT2D eigenvalue weighted by atomic mass is 16.5. The molecule has 0 N–H and O–H groups in total. The van der Waals surface area contributed by atoms with Gasteiger partial charge >= 0.3 is 11.9 Å². The van der Waals surface area contributed by atoms with Crippen molar-refractivity contribution < 1.29 is 28.5 Å². The van der Waals surface area contributed by atoms with E-state index in [2.05, 4.69) is 0 Å². The zero-order chi connectivity index (χ0) is 20.8. The first-order valence-corrected chi connectivity index (χ1v) is 9.48. The van der Waals surface area contributed by atoms with Crippen molar-refractivity contribution in [3.63, 3.8) is 0 Å². The van der Waals surface area contributed by atoms with Gasteiger partial charge in [-0.2, -0.15) is 0 Å². The Bertz CT molecular complexity index is 1120. The third kappa shape index (κ3) is 2.50. The second-order valence-electron chi connectivity index (χ2n) is 7.01. The summed E-state index contributed by atoms with van der Waals surface area (Å²) >= 11 is 0. The van der Waals surface area contributed by atoms with Crippen molar-refractivity contribution in [3.8, 4) is 33.8 Å². The van der Waals surface area contributed by atoms with Gasteiger partial charge in [0.25, 0.3) is 0 Å². The summed E-state index contributed by atoms with van der Waals surface area (Å²) in [6.45, 7) is 0.272. The number of ether oxygens (including phenoxy) is 4. The third-order valence-corrected chi connectivity index (χ3v) is 5.54. The largest absolute Gasteiger partial charge is 0.488 e. The molecule has 6 heteroatoms. The molecule has 0 amide bonds. The lowest BCUT2D eigenvalue weighted by molar-refractivity contribution is 0.0550. The van der Waals surface area contributed by atoms with Crippen LogP contribution in [0, 0.1) is 0 Å². The summed E-state index contributed by atoms with van der Waals surface area (Å²) in [5.41, 5.74) is 4.96. The van der Waals surface area contributed by atoms with Gasteiger partial charge < -0.3 is 18.9 Å². The molecular formula is C24H18O6. The number of benzene rings is 3. The zero-order valence-electron chi connectivity index (χ0n) is 16.5. The highest BCUT2D eigenvalue weighted by Crippen LogP contribution is 2.51. The fourth-order valence-electron chi connectivity index (χ4n) is 4.29. The summed E-state index contributed by atoms with van der Waals surface area (Å²) in [4.78, 5) is 25.7. The molecule has 3 aromatic carbocycles. The van der Waals surface area contributed by atoms with Crippen LogP contribution < -0.4 is 9.47 Å². The van der Waals surface area contributed by atoms with Gasteiger partial charge in [0.1, 0.15) is 24.7 Å². The Morgan fingerprint density at radius 3 is 1.50 bits per heavy atom. The number of carbonyl (C=O) groups is 2. The summed E-state index contributed by atoms with van der Waals surface area (Å²) < 4.78 is 22.0. The Morgan fingerprint density at radius 1 is 0.700 bits per heavy atom. The highest BCUT2D eigenvalue weighted by Gasteiger charge is 2.37. The van der Waals surface area contributed by atoms with Crippen LogP contribution in [0.4, 0.5) is 0 Å². The number of carbonyl (C=O) groups excluding carboxylic acids is 2. The molecule has 0 bridgehead atoms. The van der Waals surface area contributed by atoms with Crippen molar-refractivity contribution in [2.24, 2.45) is 0 Å². The molecule has 2 heterocycles. The van der Waals surface area contributed by atoms with Crippen LogP contribution in [0.3, 0.4) is 0 Å². The summed E-state index contributed by atoms with van der Waals surface area (Å²) in [6, 6.07) is 15.3. The fraction of sp³-hybridized carbons (Fsp3) is 0.167. The second kappa shape index (κ2) is 6.91. The van der Waals surface area contributed by atoms with Crippen molar-refractivity contribution in [1.29, 1.82) is 0 Å². The zero-order valence-corrected chi connectivity index (χ0v) is 16.5. The van der Waals surface area contributed by atoms with Crippen molar-refractivity contribution in [2.45, 2.75) is 13.2 Å². The Hall–Kier alpha value is -3.80. The lowest BCUT2D eigenvalue weighted by atomic mass is 9.79. The molecule has 0 saturated heterocycles. The van der Waals surface area contributed by atoms with Crippen molar-refractivity contribution in [1.82, 2.24) is 0 Å².